The van der Waals surface area contributed by atoms with E-state index in [1.54, 1.807) is 38.1 Å². The minimum atomic E-state index is -4.36. The third-order valence-electron chi connectivity index (χ3n) is 3.28. The van der Waals surface area contributed by atoms with Gasteiger partial charge in [-0.05, 0) is 60.3 Å². The van der Waals surface area contributed by atoms with Crippen molar-refractivity contribution in [2.75, 3.05) is 10.6 Å². The van der Waals surface area contributed by atoms with Crippen molar-refractivity contribution in [3.05, 3.63) is 54.1 Å². The summed E-state index contributed by atoms with van der Waals surface area (Å²) < 4.78 is 36.9. The summed E-state index contributed by atoms with van der Waals surface area (Å²) in [5, 5.41) is 5.38. The van der Waals surface area contributed by atoms with Crippen LogP contribution in [-0.2, 0) is 4.79 Å². The van der Waals surface area contributed by atoms with Gasteiger partial charge in [0.25, 0.3) is 5.91 Å². The second kappa shape index (κ2) is 8.27. The van der Waals surface area contributed by atoms with Crippen LogP contribution in [-0.4, -0.2) is 17.3 Å². The summed E-state index contributed by atoms with van der Waals surface area (Å²) in [4.78, 5) is 23.8. The highest BCUT2D eigenvalue weighted by atomic mass is 32.2. The number of anilines is 2. The third kappa shape index (κ3) is 6.11. The van der Waals surface area contributed by atoms with E-state index in [4.69, 9.17) is 0 Å². The number of nitrogens with one attached hydrogen (secondary N) is 2. The molecular formula is C18H17F3N2O2S. The van der Waals surface area contributed by atoms with Gasteiger partial charge in [0.2, 0.25) is 5.91 Å². The molecule has 0 unspecified atom stereocenters. The van der Waals surface area contributed by atoms with Gasteiger partial charge in [-0.3, -0.25) is 9.59 Å². The van der Waals surface area contributed by atoms with Crippen LogP contribution in [0.25, 0.3) is 0 Å². The van der Waals surface area contributed by atoms with Crippen molar-refractivity contribution >= 4 is 35.0 Å². The molecule has 0 atom stereocenters. The molecule has 2 aromatic carbocycles. The molecule has 2 aromatic rings. The van der Waals surface area contributed by atoms with E-state index in [9.17, 15) is 22.8 Å². The largest absolute Gasteiger partial charge is 0.446 e. The third-order valence-corrected chi connectivity index (χ3v) is 4.02. The number of rotatable bonds is 5. The first-order valence-electron chi connectivity index (χ1n) is 7.72. The number of amides is 2. The van der Waals surface area contributed by atoms with Gasteiger partial charge in [-0.25, -0.2) is 0 Å². The molecule has 26 heavy (non-hydrogen) atoms. The quantitative estimate of drug-likeness (QED) is 0.704. The molecule has 0 aliphatic rings. The lowest BCUT2D eigenvalue weighted by Gasteiger charge is -2.10. The van der Waals surface area contributed by atoms with Gasteiger partial charge in [0.05, 0.1) is 0 Å². The highest BCUT2D eigenvalue weighted by Crippen LogP contribution is 2.36. The Kier molecular flexibility index (Phi) is 6.31. The molecule has 4 nitrogen and oxygen atoms in total. The standard InChI is InChI=1S/C18H17F3N2O2S/c1-11(2)16(24)22-13-5-7-14(8-6-13)23-17(25)12-3-9-15(10-4-12)26-18(19,20)21/h3-11H,1-2H3,(H,22,24)(H,23,25). The highest BCUT2D eigenvalue weighted by molar-refractivity contribution is 8.00. The zero-order valence-corrected chi connectivity index (χ0v) is 14.9. The first-order valence-corrected chi connectivity index (χ1v) is 8.54. The predicted molar refractivity (Wildman–Crippen MR) is 96.2 cm³/mol. The van der Waals surface area contributed by atoms with Crippen LogP contribution < -0.4 is 10.6 Å². The zero-order chi connectivity index (χ0) is 19.3. The Bertz CT molecular complexity index is 773. The fourth-order valence-corrected chi connectivity index (χ4v) is 2.47. The summed E-state index contributed by atoms with van der Waals surface area (Å²) in [6.07, 6.45) is 0. The van der Waals surface area contributed by atoms with E-state index in [-0.39, 0.29) is 34.0 Å². The molecule has 0 bridgehead atoms. The predicted octanol–water partition coefficient (Wildman–Crippen LogP) is 5.15. The van der Waals surface area contributed by atoms with Crippen LogP contribution in [0.3, 0.4) is 0 Å². The number of hydrogen-bond acceptors (Lipinski definition) is 3. The number of thioether (sulfide) groups is 1. The Labute approximate surface area is 153 Å². The minimum absolute atomic E-state index is 0.0132. The smallest absolute Gasteiger partial charge is 0.326 e. The van der Waals surface area contributed by atoms with Gasteiger partial charge >= 0.3 is 5.51 Å². The van der Waals surface area contributed by atoms with Crippen molar-refractivity contribution in [3.63, 3.8) is 0 Å². The van der Waals surface area contributed by atoms with Crippen LogP contribution in [0.4, 0.5) is 24.5 Å². The average Bonchev–Trinajstić information content (AvgIpc) is 2.55. The van der Waals surface area contributed by atoms with Gasteiger partial charge in [-0.1, -0.05) is 13.8 Å². The molecule has 2 rings (SSSR count). The van der Waals surface area contributed by atoms with Crippen molar-refractivity contribution in [2.24, 2.45) is 5.92 Å². The van der Waals surface area contributed by atoms with Gasteiger partial charge in [-0.2, -0.15) is 13.2 Å². The normalized spacial score (nSPS) is 11.3. The summed E-state index contributed by atoms with van der Waals surface area (Å²) in [7, 11) is 0. The number of halogens is 3. The van der Waals surface area contributed by atoms with Crippen LogP contribution in [0.15, 0.2) is 53.4 Å². The second-order valence-electron chi connectivity index (χ2n) is 5.75. The number of carbonyl (C=O) groups is 2. The summed E-state index contributed by atoms with van der Waals surface area (Å²) in [6, 6.07) is 11.7. The molecule has 138 valence electrons. The van der Waals surface area contributed by atoms with Crippen LogP contribution in [0, 0.1) is 5.92 Å². The van der Waals surface area contributed by atoms with Crippen LogP contribution >= 0.6 is 11.8 Å². The molecule has 0 heterocycles. The molecule has 0 radical (unpaired) electrons. The van der Waals surface area contributed by atoms with E-state index in [1.807, 2.05) is 0 Å². The van der Waals surface area contributed by atoms with Crippen LogP contribution in [0.2, 0.25) is 0 Å². The lowest BCUT2D eigenvalue weighted by molar-refractivity contribution is -0.118. The number of carbonyl (C=O) groups excluding carboxylic acids is 2. The fraction of sp³-hybridized carbons (Fsp3) is 0.222. The summed E-state index contributed by atoms with van der Waals surface area (Å²) in [6.45, 7) is 3.56. The van der Waals surface area contributed by atoms with E-state index in [0.29, 0.717) is 11.4 Å². The van der Waals surface area contributed by atoms with E-state index in [2.05, 4.69) is 10.6 Å². The number of benzene rings is 2. The molecule has 0 fully saturated rings. The maximum absolute atomic E-state index is 12.3. The molecule has 8 heteroatoms. The Morgan fingerprint density at radius 1 is 0.885 bits per heavy atom. The van der Waals surface area contributed by atoms with Gasteiger partial charge in [0.1, 0.15) is 0 Å². The topological polar surface area (TPSA) is 58.2 Å². The SMILES string of the molecule is CC(C)C(=O)Nc1ccc(NC(=O)c2ccc(SC(F)(F)F)cc2)cc1. The molecule has 2 amide bonds. The van der Waals surface area contributed by atoms with Crippen LogP contribution in [0.1, 0.15) is 24.2 Å². The lowest BCUT2D eigenvalue weighted by atomic mass is 10.2. The maximum Gasteiger partial charge on any atom is 0.446 e. The molecule has 0 saturated heterocycles. The van der Waals surface area contributed by atoms with Gasteiger partial charge in [0, 0.05) is 27.8 Å². The van der Waals surface area contributed by atoms with E-state index in [0.717, 1.165) is 0 Å². The Balaban J connectivity index is 1.98. The Hall–Kier alpha value is -2.48. The van der Waals surface area contributed by atoms with Gasteiger partial charge in [-0.15, -0.1) is 0 Å². The first-order chi connectivity index (χ1) is 12.1. The first kappa shape index (κ1) is 19.8. The van der Waals surface area contributed by atoms with Crippen molar-refractivity contribution in [1.29, 1.82) is 0 Å². The molecule has 0 aromatic heterocycles. The molecule has 0 aliphatic carbocycles. The zero-order valence-electron chi connectivity index (χ0n) is 14.1. The number of alkyl halides is 3. The van der Waals surface area contributed by atoms with Crippen molar-refractivity contribution < 1.29 is 22.8 Å². The van der Waals surface area contributed by atoms with E-state index >= 15 is 0 Å². The monoisotopic (exact) mass is 382 g/mol. The van der Waals surface area contributed by atoms with Gasteiger partial charge in [0.15, 0.2) is 0 Å². The fourth-order valence-electron chi connectivity index (χ4n) is 1.93. The number of hydrogen-bond donors (Lipinski definition) is 2. The van der Waals surface area contributed by atoms with E-state index in [1.165, 1.54) is 24.3 Å². The Morgan fingerprint density at radius 2 is 1.38 bits per heavy atom. The average molecular weight is 382 g/mol. The summed E-state index contributed by atoms with van der Waals surface area (Å²) in [5.74, 6) is -0.695. The molecule has 0 spiro atoms. The van der Waals surface area contributed by atoms with Crippen molar-refractivity contribution in [1.82, 2.24) is 0 Å². The van der Waals surface area contributed by atoms with Crippen molar-refractivity contribution in [2.45, 2.75) is 24.3 Å². The molecular weight excluding hydrogens is 365 g/mol. The van der Waals surface area contributed by atoms with Crippen molar-refractivity contribution in [3.8, 4) is 0 Å². The van der Waals surface area contributed by atoms with E-state index < -0.39 is 11.4 Å². The molecule has 0 saturated carbocycles. The Morgan fingerprint density at radius 3 is 1.85 bits per heavy atom. The highest BCUT2D eigenvalue weighted by Gasteiger charge is 2.29. The summed E-state index contributed by atoms with van der Waals surface area (Å²) in [5.41, 5.74) is -3.01. The summed E-state index contributed by atoms with van der Waals surface area (Å²) >= 11 is -0.233. The minimum Gasteiger partial charge on any atom is -0.326 e. The second-order valence-corrected chi connectivity index (χ2v) is 6.89. The van der Waals surface area contributed by atoms with Gasteiger partial charge < -0.3 is 10.6 Å². The van der Waals surface area contributed by atoms with Crippen LogP contribution in [0.5, 0.6) is 0 Å². The maximum atomic E-state index is 12.3. The molecule has 2 N–H and O–H groups in total. The lowest BCUT2D eigenvalue weighted by Crippen LogP contribution is -2.17. The molecule has 0 aliphatic heterocycles.